The van der Waals surface area contributed by atoms with E-state index in [0.29, 0.717) is 34.5 Å². The average Bonchev–Trinajstić information content (AvgIpc) is 3.41. The first-order chi connectivity index (χ1) is 15.8. The molecule has 6 aliphatic rings. The second kappa shape index (κ2) is 6.91. The van der Waals surface area contributed by atoms with Gasteiger partial charge in [-0.1, -0.05) is 41.2 Å². The second-order valence-electron chi connectivity index (χ2n) is 14.9. The van der Waals surface area contributed by atoms with Crippen LogP contribution in [-0.2, 0) is 4.74 Å². The fraction of sp³-hybridized carbons (Fsp3) is 0.933. The Labute approximate surface area is 206 Å². The lowest BCUT2D eigenvalue weighted by Crippen LogP contribution is -2.59. The third kappa shape index (κ3) is 2.46. The summed E-state index contributed by atoms with van der Waals surface area (Å²) in [7, 11) is 0. The van der Waals surface area contributed by atoms with Crippen LogP contribution in [0, 0.1) is 50.7 Å². The van der Waals surface area contributed by atoms with Crippen molar-refractivity contribution in [3.63, 3.8) is 0 Å². The van der Waals surface area contributed by atoms with Crippen LogP contribution < -0.4 is 0 Å². The van der Waals surface area contributed by atoms with E-state index in [-0.39, 0.29) is 34.6 Å². The number of hydrogen-bond acceptors (Lipinski definition) is 4. The zero-order valence-electron chi connectivity index (χ0n) is 22.3. The van der Waals surface area contributed by atoms with Gasteiger partial charge in [-0.2, -0.15) is 0 Å². The maximum Gasteiger partial charge on any atom is 0.101 e. The summed E-state index contributed by atoms with van der Waals surface area (Å²) in [5.74, 6) is 1.85. The Morgan fingerprint density at radius 3 is 2.29 bits per heavy atom. The van der Waals surface area contributed by atoms with E-state index >= 15 is 0 Å². The molecule has 192 valence electrons. The maximum atomic E-state index is 12.1. The summed E-state index contributed by atoms with van der Waals surface area (Å²) in [6.45, 7) is 17.7. The Balaban J connectivity index is 1.37. The van der Waals surface area contributed by atoms with Gasteiger partial charge in [0.1, 0.15) is 6.10 Å². The minimum absolute atomic E-state index is 0.0137. The molecule has 2 spiro atoms. The van der Waals surface area contributed by atoms with Gasteiger partial charge in [-0.05, 0) is 109 Å². The van der Waals surface area contributed by atoms with Crippen molar-refractivity contribution in [2.45, 2.75) is 123 Å². The van der Waals surface area contributed by atoms with Crippen LogP contribution in [0.3, 0.4) is 0 Å². The number of ether oxygens (including phenoxy) is 1. The summed E-state index contributed by atoms with van der Waals surface area (Å²) >= 11 is 0. The quantitative estimate of drug-likeness (QED) is 0.489. The number of hydrogen-bond donors (Lipinski definition) is 3. The molecule has 0 aromatic carbocycles. The van der Waals surface area contributed by atoms with Gasteiger partial charge >= 0.3 is 0 Å². The smallest absolute Gasteiger partial charge is 0.101 e. The second-order valence-corrected chi connectivity index (χ2v) is 14.9. The first-order valence-electron chi connectivity index (χ1n) is 14.1. The molecule has 4 nitrogen and oxygen atoms in total. The molecule has 0 bridgehead atoms. The van der Waals surface area contributed by atoms with Crippen LogP contribution in [0.1, 0.15) is 92.9 Å². The van der Waals surface area contributed by atoms with E-state index in [1.54, 1.807) is 0 Å². The monoisotopic (exact) mass is 472 g/mol. The average molecular weight is 473 g/mol. The third-order valence-corrected chi connectivity index (χ3v) is 13.7. The number of fused-ring (bicyclic) bond motifs is 4. The molecule has 5 aliphatic carbocycles. The minimum Gasteiger partial charge on any atom is -0.393 e. The molecule has 0 aromatic rings. The van der Waals surface area contributed by atoms with Gasteiger partial charge < -0.3 is 20.1 Å². The molecule has 4 heteroatoms. The Morgan fingerprint density at radius 1 is 0.971 bits per heavy atom. The topological polar surface area (TPSA) is 69.9 Å². The Hall–Kier alpha value is -0.420. The molecule has 1 heterocycles. The van der Waals surface area contributed by atoms with Crippen LogP contribution in [0.2, 0.25) is 0 Å². The van der Waals surface area contributed by atoms with Gasteiger partial charge in [-0.15, -0.1) is 0 Å². The van der Waals surface area contributed by atoms with Crippen molar-refractivity contribution >= 4 is 0 Å². The van der Waals surface area contributed by atoms with Gasteiger partial charge in [-0.3, -0.25) is 0 Å². The van der Waals surface area contributed by atoms with Crippen LogP contribution >= 0.6 is 0 Å². The summed E-state index contributed by atoms with van der Waals surface area (Å²) in [6.07, 6.45) is 7.18. The van der Waals surface area contributed by atoms with Crippen molar-refractivity contribution in [2.24, 2.45) is 50.7 Å². The first-order valence-corrected chi connectivity index (χ1v) is 14.1. The van der Waals surface area contributed by atoms with Crippen LogP contribution in [0.5, 0.6) is 0 Å². The van der Waals surface area contributed by atoms with Gasteiger partial charge in [0, 0.05) is 5.41 Å². The lowest BCUT2D eigenvalue weighted by atomic mass is 9.41. The number of rotatable bonds is 2. The Kier molecular flexibility index (Phi) is 4.87. The van der Waals surface area contributed by atoms with E-state index in [1.165, 1.54) is 19.3 Å². The van der Waals surface area contributed by atoms with Crippen molar-refractivity contribution < 1.29 is 20.1 Å². The van der Waals surface area contributed by atoms with Crippen molar-refractivity contribution in [1.82, 2.24) is 0 Å². The van der Waals surface area contributed by atoms with Gasteiger partial charge in [0.25, 0.3) is 0 Å². The van der Waals surface area contributed by atoms with E-state index in [4.69, 9.17) is 4.74 Å². The highest BCUT2D eigenvalue weighted by molar-refractivity contribution is 5.32. The lowest BCUT2D eigenvalue weighted by molar-refractivity contribution is -0.183. The molecule has 34 heavy (non-hydrogen) atoms. The highest BCUT2D eigenvalue weighted by atomic mass is 16.5. The molecule has 5 saturated carbocycles. The summed E-state index contributed by atoms with van der Waals surface area (Å²) in [5.41, 5.74) is 1.30. The van der Waals surface area contributed by atoms with Crippen molar-refractivity contribution in [1.29, 1.82) is 0 Å². The normalized spacial score (nSPS) is 60.1. The van der Waals surface area contributed by atoms with Gasteiger partial charge in [0.05, 0.1) is 24.4 Å². The van der Waals surface area contributed by atoms with Crippen LogP contribution in [0.15, 0.2) is 12.2 Å². The standard InChI is InChI=1S/C30H48O4/c1-16(2)23(32)18-14-17(3)22-24(34-18)25(33)28(7)20-9-8-19-26(4,5)21(31)10-11-29(19)15-30(20,29)13-12-27(22,28)6/h17-25,31-33H,1,8-15H2,2-7H3/t17-,18?,19+,20?,21?,22+,23?,24?,25+,27?,28-,29?,30?/m1/s1. The van der Waals surface area contributed by atoms with E-state index in [9.17, 15) is 15.3 Å². The van der Waals surface area contributed by atoms with Crippen molar-refractivity contribution in [2.75, 3.05) is 0 Å². The predicted octanol–water partition coefficient (Wildman–Crippen LogP) is 5.10. The molecule has 6 fully saturated rings. The van der Waals surface area contributed by atoms with Crippen LogP contribution in [-0.4, -0.2) is 45.8 Å². The number of aliphatic hydroxyl groups is 3. The van der Waals surface area contributed by atoms with Gasteiger partial charge in [0.15, 0.2) is 0 Å². The fourth-order valence-electron chi connectivity index (χ4n) is 11.8. The molecule has 13 atom stereocenters. The zero-order valence-corrected chi connectivity index (χ0v) is 22.3. The molecule has 0 aromatic heterocycles. The third-order valence-electron chi connectivity index (χ3n) is 13.7. The maximum absolute atomic E-state index is 12.1. The lowest BCUT2D eigenvalue weighted by Gasteiger charge is -2.63. The Morgan fingerprint density at radius 2 is 1.62 bits per heavy atom. The highest BCUT2D eigenvalue weighted by Crippen LogP contribution is 2.89. The van der Waals surface area contributed by atoms with Crippen molar-refractivity contribution in [3.8, 4) is 0 Å². The molecule has 0 radical (unpaired) electrons. The fourth-order valence-corrected chi connectivity index (χ4v) is 11.8. The van der Waals surface area contributed by atoms with Gasteiger partial charge in [-0.25, -0.2) is 0 Å². The van der Waals surface area contributed by atoms with E-state index < -0.39 is 12.2 Å². The summed E-state index contributed by atoms with van der Waals surface area (Å²) < 4.78 is 6.62. The molecular weight excluding hydrogens is 424 g/mol. The number of aliphatic hydroxyl groups excluding tert-OH is 3. The molecule has 3 N–H and O–H groups in total. The van der Waals surface area contributed by atoms with Crippen molar-refractivity contribution in [3.05, 3.63) is 12.2 Å². The predicted molar refractivity (Wildman–Crippen MR) is 133 cm³/mol. The van der Waals surface area contributed by atoms with E-state index in [0.717, 1.165) is 37.7 Å². The van der Waals surface area contributed by atoms with Gasteiger partial charge in [0.2, 0.25) is 0 Å². The largest absolute Gasteiger partial charge is 0.393 e. The molecule has 1 aliphatic heterocycles. The molecule has 8 unspecified atom stereocenters. The molecule has 1 saturated heterocycles. The molecule has 6 rings (SSSR count). The zero-order chi connectivity index (χ0) is 24.6. The molecular formula is C30H48O4. The minimum atomic E-state index is -0.664. The van der Waals surface area contributed by atoms with E-state index in [2.05, 4.69) is 41.2 Å². The van der Waals surface area contributed by atoms with Crippen LogP contribution in [0.25, 0.3) is 0 Å². The van der Waals surface area contributed by atoms with E-state index in [1.807, 2.05) is 6.92 Å². The first kappa shape index (κ1) is 23.9. The van der Waals surface area contributed by atoms with Crippen LogP contribution in [0.4, 0.5) is 0 Å². The summed E-state index contributed by atoms with van der Waals surface area (Å²) in [6, 6.07) is 0. The Bertz CT molecular complexity index is 898. The SMILES string of the molecule is C=C(C)C(O)C1C[C@@H](C)[C@H]2C(O1)[C@H](O)[C@@]1(C)C3CC[C@H]4C(C)(C)C(O)CCC45CC35CCC21C. The summed E-state index contributed by atoms with van der Waals surface area (Å²) in [5, 5.41) is 33.8. The molecule has 0 amide bonds. The summed E-state index contributed by atoms with van der Waals surface area (Å²) in [4.78, 5) is 0. The highest BCUT2D eigenvalue weighted by Gasteiger charge is 2.84.